The first-order chi connectivity index (χ1) is 11.6. The lowest BCUT2D eigenvalue weighted by atomic mass is 10.0. The lowest BCUT2D eigenvalue weighted by Gasteiger charge is -2.05. The van der Waals surface area contributed by atoms with Gasteiger partial charge in [-0.05, 0) is 36.2 Å². The van der Waals surface area contributed by atoms with E-state index < -0.39 is 5.97 Å². The van der Waals surface area contributed by atoms with Gasteiger partial charge in [0.15, 0.2) is 5.69 Å². The van der Waals surface area contributed by atoms with Crippen LogP contribution >= 0.6 is 23.2 Å². The Labute approximate surface area is 148 Å². The highest BCUT2D eigenvalue weighted by atomic mass is 35.5. The summed E-state index contributed by atoms with van der Waals surface area (Å²) in [5, 5.41) is 11.5. The standard InChI is InChI=1S/C17H13Cl2N3O2/c1-2-24-17(23)16-15(20-22-21-16)11-5-3-10(4-6-11)12-7-13(18)9-14(19)8-12/h3-9H,2H2,1H3,(H,20,21,22). The number of aromatic amines is 1. The third-order valence-electron chi connectivity index (χ3n) is 3.37. The second-order valence-electron chi connectivity index (χ2n) is 4.98. The molecule has 1 N–H and O–H groups in total. The van der Waals surface area contributed by atoms with Crippen molar-refractivity contribution in [3.8, 4) is 22.4 Å². The molecule has 0 aliphatic rings. The fourth-order valence-corrected chi connectivity index (χ4v) is 2.84. The molecule has 3 rings (SSSR count). The van der Waals surface area contributed by atoms with E-state index in [1.165, 1.54) is 0 Å². The van der Waals surface area contributed by atoms with Crippen LogP contribution < -0.4 is 0 Å². The largest absolute Gasteiger partial charge is 0.461 e. The van der Waals surface area contributed by atoms with Gasteiger partial charge in [-0.15, -0.1) is 5.10 Å². The summed E-state index contributed by atoms with van der Waals surface area (Å²) in [6.45, 7) is 2.02. The van der Waals surface area contributed by atoms with E-state index in [1.54, 1.807) is 13.0 Å². The minimum Gasteiger partial charge on any atom is -0.461 e. The molecule has 0 spiro atoms. The monoisotopic (exact) mass is 361 g/mol. The van der Waals surface area contributed by atoms with E-state index in [0.29, 0.717) is 15.7 Å². The van der Waals surface area contributed by atoms with Crippen molar-refractivity contribution in [2.24, 2.45) is 0 Å². The summed E-state index contributed by atoms with van der Waals surface area (Å²) in [5.74, 6) is -0.507. The molecule has 0 aliphatic carbocycles. The average molecular weight is 362 g/mol. The lowest BCUT2D eigenvalue weighted by Crippen LogP contribution is -2.06. The topological polar surface area (TPSA) is 67.9 Å². The minimum atomic E-state index is -0.507. The zero-order valence-electron chi connectivity index (χ0n) is 12.7. The number of halogens is 2. The van der Waals surface area contributed by atoms with Crippen LogP contribution in [0.15, 0.2) is 42.5 Å². The molecular formula is C17H13Cl2N3O2. The third kappa shape index (κ3) is 3.42. The van der Waals surface area contributed by atoms with Gasteiger partial charge < -0.3 is 4.74 Å². The molecule has 2 aromatic carbocycles. The van der Waals surface area contributed by atoms with Gasteiger partial charge in [0.1, 0.15) is 5.69 Å². The van der Waals surface area contributed by atoms with Crippen LogP contribution in [-0.4, -0.2) is 28.0 Å². The fraction of sp³-hybridized carbons (Fsp3) is 0.118. The molecule has 24 heavy (non-hydrogen) atoms. The van der Waals surface area contributed by atoms with Crippen molar-refractivity contribution in [3.63, 3.8) is 0 Å². The van der Waals surface area contributed by atoms with Crippen molar-refractivity contribution in [1.29, 1.82) is 0 Å². The number of ether oxygens (including phenoxy) is 1. The van der Waals surface area contributed by atoms with E-state index in [9.17, 15) is 4.79 Å². The molecule has 0 bridgehead atoms. The summed E-state index contributed by atoms with van der Waals surface area (Å²) in [4.78, 5) is 11.9. The average Bonchev–Trinajstić information content (AvgIpc) is 3.04. The summed E-state index contributed by atoms with van der Waals surface area (Å²) in [7, 11) is 0. The summed E-state index contributed by atoms with van der Waals surface area (Å²) in [6.07, 6.45) is 0. The van der Waals surface area contributed by atoms with Crippen LogP contribution in [0.4, 0.5) is 0 Å². The van der Waals surface area contributed by atoms with E-state index >= 15 is 0 Å². The van der Waals surface area contributed by atoms with Crippen molar-refractivity contribution in [1.82, 2.24) is 15.4 Å². The molecule has 0 aliphatic heterocycles. The normalized spacial score (nSPS) is 10.6. The predicted octanol–water partition coefficient (Wildman–Crippen LogP) is 4.62. The van der Waals surface area contributed by atoms with Crippen LogP contribution in [0.1, 0.15) is 17.4 Å². The molecule has 1 aromatic heterocycles. The van der Waals surface area contributed by atoms with Crippen LogP contribution in [0.5, 0.6) is 0 Å². The third-order valence-corrected chi connectivity index (χ3v) is 3.81. The van der Waals surface area contributed by atoms with E-state index in [1.807, 2.05) is 36.4 Å². The first-order valence-corrected chi connectivity index (χ1v) is 7.99. The van der Waals surface area contributed by atoms with Gasteiger partial charge >= 0.3 is 5.97 Å². The summed E-state index contributed by atoms with van der Waals surface area (Å²) < 4.78 is 4.98. The number of hydrogen-bond acceptors (Lipinski definition) is 4. The molecular weight excluding hydrogens is 349 g/mol. The SMILES string of the molecule is CCOC(=O)c1n[nH]nc1-c1ccc(-c2cc(Cl)cc(Cl)c2)cc1. The Kier molecular flexibility index (Phi) is 4.83. The molecule has 0 atom stereocenters. The molecule has 122 valence electrons. The van der Waals surface area contributed by atoms with Crippen LogP contribution in [0.3, 0.4) is 0 Å². The maximum atomic E-state index is 11.9. The van der Waals surface area contributed by atoms with Gasteiger partial charge in [0, 0.05) is 15.6 Å². The smallest absolute Gasteiger partial charge is 0.361 e. The first kappa shape index (κ1) is 16.5. The Bertz CT molecular complexity index is 856. The fourth-order valence-electron chi connectivity index (χ4n) is 2.31. The predicted molar refractivity (Wildman–Crippen MR) is 93.2 cm³/mol. The molecule has 1 heterocycles. The Hall–Kier alpha value is -2.37. The van der Waals surface area contributed by atoms with Gasteiger partial charge in [-0.2, -0.15) is 10.3 Å². The molecule has 0 unspecified atom stereocenters. The Morgan fingerprint density at radius 2 is 1.62 bits per heavy atom. The van der Waals surface area contributed by atoms with Crippen LogP contribution in [0.2, 0.25) is 10.0 Å². The summed E-state index contributed by atoms with van der Waals surface area (Å²) >= 11 is 12.1. The molecule has 5 nitrogen and oxygen atoms in total. The highest BCUT2D eigenvalue weighted by Crippen LogP contribution is 2.29. The molecule has 0 amide bonds. The van der Waals surface area contributed by atoms with Crippen LogP contribution in [0, 0.1) is 0 Å². The molecule has 0 saturated heterocycles. The quantitative estimate of drug-likeness (QED) is 0.688. The second kappa shape index (κ2) is 7.03. The van der Waals surface area contributed by atoms with Crippen molar-refractivity contribution in [2.45, 2.75) is 6.92 Å². The van der Waals surface area contributed by atoms with E-state index in [-0.39, 0.29) is 12.3 Å². The molecule has 0 fully saturated rings. The molecule has 0 saturated carbocycles. The Balaban J connectivity index is 1.93. The lowest BCUT2D eigenvalue weighted by molar-refractivity contribution is 0.0520. The zero-order chi connectivity index (χ0) is 17.1. The minimum absolute atomic E-state index is 0.162. The number of nitrogens with zero attached hydrogens (tertiary/aromatic N) is 2. The summed E-state index contributed by atoms with van der Waals surface area (Å²) in [6, 6.07) is 12.9. The van der Waals surface area contributed by atoms with Crippen LogP contribution in [0.25, 0.3) is 22.4 Å². The highest BCUT2D eigenvalue weighted by Gasteiger charge is 2.18. The number of rotatable bonds is 4. The Morgan fingerprint density at radius 3 is 2.25 bits per heavy atom. The van der Waals surface area contributed by atoms with Crippen molar-refractivity contribution >= 4 is 29.2 Å². The number of carbonyl (C=O) groups is 1. The maximum absolute atomic E-state index is 11.9. The number of hydrogen-bond donors (Lipinski definition) is 1. The Morgan fingerprint density at radius 1 is 1.00 bits per heavy atom. The molecule has 3 aromatic rings. The van der Waals surface area contributed by atoms with Crippen LogP contribution in [-0.2, 0) is 4.74 Å². The van der Waals surface area contributed by atoms with Gasteiger partial charge in [-0.1, -0.05) is 47.5 Å². The molecule has 7 heteroatoms. The number of carbonyl (C=O) groups excluding carboxylic acids is 1. The number of benzene rings is 2. The first-order valence-electron chi connectivity index (χ1n) is 7.23. The number of esters is 1. The van der Waals surface area contributed by atoms with E-state index in [0.717, 1.165) is 16.7 Å². The van der Waals surface area contributed by atoms with Crippen molar-refractivity contribution in [3.05, 3.63) is 58.2 Å². The van der Waals surface area contributed by atoms with Crippen molar-refractivity contribution in [2.75, 3.05) is 6.61 Å². The molecule has 0 radical (unpaired) electrons. The van der Waals surface area contributed by atoms with Gasteiger partial charge in [0.05, 0.1) is 6.61 Å². The highest BCUT2D eigenvalue weighted by molar-refractivity contribution is 6.35. The van der Waals surface area contributed by atoms with Gasteiger partial charge in [0.25, 0.3) is 0 Å². The van der Waals surface area contributed by atoms with Gasteiger partial charge in [0.2, 0.25) is 0 Å². The van der Waals surface area contributed by atoms with Gasteiger partial charge in [-0.3, -0.25) is 0 Å². The number of aromatic nitrogens is 3. The van der Waals surface area contributed by atoms with E-state index in [2.05, 4.69) is 15.4 Å². The second-order valence-corrected chi connectivity index (χ2v) is 5.85. The summed E-state index contributed by atoms with van der Waals surface area (Å²) in [5.41, 5.74) is 3.22. The van der Waals surface area contributed by atoms with Crippen molar-refractivity contribution < 1.29 is 9.53 Å². The van der Waals surface area contributed by atoms with Gasteiger partial charge in [-0.25, -0.2) is 4.79 Å². The van der Waals surface area contributed by atoms with E-state index in [4.69, 9.17) is 27.9 Å². The zero-order valence-corrected chi connectivity index (χ0v) is 14.2. The number of H-pyrrole nitrogens is 1. The maximum Gasteiger partial charge on any atom is 0.361 e. The number of nitrogens with one attached hydrogen (secondary N) is 1.